The van der Waals surface area contributed by atoms with Gasteiger partial charge in [0.1, 0.15) is 0 Å². The minimum atomic E-state index is 0.201. The van der Waals surface area contributed by atoms with Gasteiger partial charge in [-0.15, -0.1) is 0 Å². The van der Waals surface area contributed by atoms with E-state index in [1.807, 2.05) is 0 Å². The Morgan fingerprint density at radius 2 is 2.11 bits per heavy atom. The molecule has 1 heterocycles. The molecule has 1 rings (SSSR count). The molecule has 0 spiro atoms. The quantitative estimate of drug-likeness (QED) is 0.792. The van der Waals surface area contributed by atoms with Crippen molar-refractivity contribution in [1.82, 2.24) is 10.6 Å². The maximum atomic E-state index is 11.8. The Kier molecular flexibility index (Phi) is 6.13. The lowest BCUT2D eigenvalue weighted by molar-refractivity contribution is -0.121. The van der Waals surface area contributed by atoms with Gasteiger partial charge in [0.15, 0.2) is 0 Å². The molecule has 0 bridgehead atoms. The topological polar surface area (TPSA) is 41.1 Å². The Balaban J connectivity index is 2.24. The molecule has 18 heavy (non-hydrogen) atoms. The molecular formula is C15H30N2O. The Morgan fingerprint density at radius 3 is 2.72 bits per heavy atom. The van der Waals surface area contributed by atoms with Crippen molar-refractivity contribution in [2.24, 2.45) is 11.3 Å². The number of piperidine rings is 1. The molecule has 3 heteroatoms. The fraction of sp³-hybridized carbons (Fsp3) is 0.933. The van der Waals surface area contributed by atoms with Crippen molar-refractivity contribution in [3.05, 3.63) is 0 Å². The van der Waals surface area contributed by atoms with Crippen molar-refractivity contribution in [1.29, 1.82) is 0 Å². The maximum absolute atomic E-state index is 11.8. The monoisotopic (exact) mass is 254 g/mol. The van der Waals surface area contributed by atoms with Crippen molar-refractivity contribution in [3.8, 4) is 0 Å². The molecule has 2 atom stereocenters. The second kappa shape index (κ2) is 7.13. The van der Waals surface area contributed by atoms with Crippen LogP contribution in [0.5, 0.6) is 0 Å². The van der Waals surface area contributed by atoms with Gasteiger partial charge in [0.25, 0.3) is 0 Å². The van der Waals surface area contributed by atoms with Crippen molar-refractivity contribution < 1.29 is 4.79 Å². The van der Waals surface area contributed by atoms with Gasteiger partial charge >= 0.3 is 0 Å². The lowest BCUT2D eigenvalue weighted by Gasteiger charge is -2.32. The first kappa shape index (κ1) is 15.5. The predicted molar refractivity (Wildman–Crippen MR) is 76.5 cm³/mol. The molecular weight excluding hydrogens is 224 g/mol. The number of carbonyl (C=O) groups excluding carboxylic acids is 1. The van der Waals surface area contributed by atoms with Gasteiger partial charge in [-0.3, -0.25) is 4.79 Å². The molecule has 1 aliphatic rings. The van der Waals surface area contributed by atoms with Crippen LogP contribution in [0.3, 0.4) is 0 Å². The van der Waals surface area contributed by atoms with Crippen LogP contribution in [0.4, 0.5) is 0 Å². The first-order chi connectivity index (χ1) is 8.42. The molecule has 1 amide bonds. The van der Waals surface area contributed by atoms with Gasteiger partial charge in [-0.2, -0.15) is 0 Å². The summed E-state index contributed by atoms with van der Waals surface area (Å²) in [6.07, 6.45) is 5.37. The highest BCUT2D eigenvalue weighted by Gasteiger charge is 2.23. The molecule has 0 saturated carbocycles. The average Bonchev–Trinajstić information content (AvgIpc) is 2.33. The number of hydrogen-bond donors (Lipinski definition) is 2. The maximum Gasteiger partial charge on any atom is 0.220 e. The SMILES string of the molecule is CCC1CCCNC1CNC(=O)CCC(C)(C)C. The highest BCUT2D eigenvalue weighted by atomic mass is 16.1. The minimum Gasteiger partial charge on any atom is -0.355 e. The summed E-state index contributed by atoms with van der Waals surface area (Å²) < 4.78 is 0. The molecule has 106 valence electrons. The van der Waals surface area contributed by atoms with E-state index in [1.54, 1.807) is 0 Å². The molecule has 0 radical (unpaired) electrons. The molecule has 2 unspecified atom stereocenters. The summed E-state index contributed by atoms with van der Waals surface area (Å²) in [4.78, 5) is 11.8. The van der Waals surface area contributed by atoms with Crippen LogP contribution in [0, 0.1) is 11.3 Å². The Labute approximate surface area is 112 Å². The van der Waals surface area contributed by atoms with Gasteiger partial charge in [0.05, 0.1) is 0 Å². The van der Waals surface area contributed by atoms with Crippen molar-refractivity contribution in [3.63, 3.8) is 0 Å². The second-order valence-electron chi connectivity index (χ2n) is 6.74. The lowest BCUT2D eigenvalue weighted by Crippen LogP contribution is -2.48. The largest absolute Gasteiger partial charge is 0.355 e. The van der Waals surface area contributed by atoms with Gasteiger partial charge < -0.3 is 10.6 Å². The van der Waals surface area contributed by atoms with Gasteiger partial charge in [-0.05, 0) is 37.1 Å². The van der Waals surface area contributed by atoms with Crippen molar-refractivity contribution in [2.75, 3.05) is 13.1 Å². The molecule has 1 saturated heterocycles. The van der Waals surface area contributed by atoms with Crippen molar-refractivity contribution in [2.45, 2.75) is 65.8 Å². The van der Waals surface area contributed by atoms with E-state index >= 15 is 0 Å². The smallest absolute Gasteiger partial charge is 0.220 e. The van der Waals surface area contributed by atoms with E-state index in [2.05, 4.69) is 38.3 Å². The third-order valence-corrected chi connectivity index (χ3v) is 3.87. The normalized spacial score (nSPS) is 24.9. The molecule has 0 aromatic heterocycles. The van der Waals surface area contributed by atoms with Crippen LogP contribution >= 0.6 is 0 Å². The van der Waals surface area contributed by atoms with Gasteiger partial charge in [-0.1, -0.05) is 34.1 Å². The van der Waals surface area contributed by atoms with E-state index in [0.717, 1.165) is 25.4 Å². The number of nitrogens with one attached hydrogen (secondary N) is 2. The summed E-state index contributed by atoms with van der Waals surface area (Å²) in [5.41, 5.74) is 0.242. The Hall–Kier alpha value is -0.570. The zero-order valence-electron chi connectivity index (χ0n) is 12.5. The molecule has 0 aromatic rings. The summed E-state index contributed by atoms with van der Waals surface area (Å²) in [6, 6.07) is 0.474. The van der Waals surface area contributed by atoms with E-state index in [9.17, 15) is 4.79 Å². The Bertz CT molecular complexity index is 258. The molecule has 1 fully saturated rings. The van der Waals surface area contributed by atoms with E-state index in [1.165, 1.54) is 19.3 Å². The second-order valence-corrected chi connectivity index (χ2v) is 6.74. The number of carbonyl (C=O) groups is 1. The summed E-state index contributed by atoms with van der Waals surface area (Å²) in [5, 5.41) is 6.62. The molecule has 2 N–H and O–H groups in total. The summed E-state index contributed by atoms with van der Waals surface area (Å²) in [6.45, 7) is 10.7. The van der Waals surface area contributed by atoms with E-state index in [0.29, 0.717) is 12.5 Å². The molecule has 3 nitrogen and oxygen atoms in total. The van der Waals surface area contributed by atoms with Crippen LogP contribution in [-0.4, -0.2) is 25.0 Å². The highest BCUT2D eigenvalue weighted by Crippen LogP contribution is 2.21. The molecule has 0 aliphatic carbocycles. The standard InChI is InChI=1S/C15H30N2O/c1-5-12-7-6-10-16-13(12)11-17-14(18)8-9-15(2,3)4/h12-13,16H,5-11H2,1-4H3,(H,17,18). The molecule has 0 aromatic carbocycles. The fourth-order valence-corrected chi connectivity index (χ4v) is 2.55. The van der Waals surface area contributed by atoms with E-state index < -0.39 is 0 Å². The summed E-state index contributed by atoms with van der Waals surface area (Å²) in [5.74, 6) is 0.925. The predicted octanol–water partition coefficient (Wildman–Crippen LogP) is 2.71. The van der Waals surface area contributed by atoms with E-state index in [-0.39, 0.29) is 11.3 Å². The van der Waals surface area contributed by atoms with Crippen LogP contribution in [0.25, 0.3) is 0 Å². The summed E-state index contributed by atoms with van der Waals surface area (Å²) >= 11 is 0. The zero-order chi connectivity index (χ0) is 13.6. The number of amides is 1. The number of rotatable bonds is 5. The number of hydrogen-bond acceptors (Lipinski definition) is 2. The lowest BCUT2D eigenvalue weighted by atomic mass is 9.88. The van der Waals surface area contributed by atoms with Crippen molar-refractivity contribution >= 4 is 5.91 Å². The fourth-order valence-electron chi connectivity index (χ4n) is 2.55. The summed E-state index contributed by atoms with van der Waals surface area (Å²) in [7, 11) is 0. The Morgan fingerprint density at radius 1 is 1.39 bits per heavy atom. The third kappa shape index (κ3) is 5.85. The van der Waals surface area contributed by atoms with Gasteiger partial charge in [-0.25, -0.2) is 0 Å². The zero-order valence-corrected chi connectivity index (χ0v) is 12.5. The highest BCUT2D eigenvalue weighted by molar-refractivity contribution is 5.75. The van der Waals surface area contributed by atoms with Crippen LogP contribution < -0.4 is 10.6 Å². The minimum absolute atomic E-state index is 0.201. The van der Waals surface area contributed by atoms with Crippen LogP contribution in [0.1, 0.15) is 59.8 Å². The first-order valence-electron chi connectivity index (χ1n) is 7.42. The van der Waals surface area contributed by atoms with Crippen LogP contribution in [-0.2, 0) is 4.79 Å². The van der Waals surface area contributed by atoms with Crippen LogP contribution in [0.2, 0.25) is 0 Å². The van der Waals surface area contributed by atoms with Gasteiger partial charge in [0.2, 0.25) is 5.91 Å². The van der Waals surface area contributed by atoms with Crippen LogP contribution in [0.15, 0.2) is 0 Å². The molecule has 1 aliphatic heterocycles. The third-order valence-electron chi connectivity index (χ3n) is 3.87. The van der Waals surface area contributed by atoms with Gasteiger partial charge in [0, 0.05) is 19.0 Å². The van der Waals surface area contributed by atoms with E-state index in [4.69, 9.17) is 0 Å². The first-order valence-corrected chi connectivity index (χ1v) is 7.42. The average molecular weight is 254 g/mol.